The summed E-state index contributed by atoms with van der Waals surface area (Å²) in [6.45, 7) is 2.36. The molecule has 1 fully saturated rings. The monoisotopic (exact) mass is 418 g/mol. The van der Waals surface area contributed by atoms with E-state index in [-0.39, 0.29) is 11.9 Å². The molecular formula is C24H30N6O. The Morgan fingerprint density at radius 3 is 2.81 bits per heavy atom. The number of H-pyrrole nitrogens is 1. The van der Waals surface area contributed by atoms with Gasteiger partial charge < -0.3 is 4.98 Å². The van der Waals surface area contributed by atoms with E-state index in [1.165, 1.54) is 0 Å². The van der Waals surface area contributed by atoms with Gasteiger partial charge in [-0.25, -0.2) is 10.4 Å². The predicted octanol–water partition coefficient (Wildman–Crippen LogP) is 2.83. The number of carbonyl (C=O) groups is 1. The lowest BCUT2D eigenvalue weighted by Crippen LogP contribution is -2.47. The minimum absolute atomic E-state index is 0.0461. The average Bonchev–Trinajstić information content (AvgIpc) is 3.33. The molecule has 1 aliphatic rings. The quantitative estimate of drug-likeness (QED) is 0.588. The first-order valence-corrected chi connectivity index (χ1v) is 10.9. The third-order valence-corrected chi connectivity index (χ3v) is 5.74. The number of pyridine rings is 1. The number of aromatic nitrogens is 3. The average molecular weight is 419 g/mol. The normalized spacial score (nSPS) is 15.2. The number of carbonyl (C=O) groups excluding carboxylic acids is 1. The van der Waals surface area contributed by atoms with Crippen LogP contribution >= 0.6 is 0 Å². The van der Waals surface area contributed by atoms with Crippen LogP contribution in [0.15, 0.2) is 61.1 Å². The highest BCUT2D eigenvalue weighted by molar-refractivity contribution is 5.94. The van der Waals surface area contributed by atoms with Gasteiger partial charge in [-0.05, 0) is 49.7 Å². The number of amides is 1. The lowest BCUT2D eigenvalue weighted by atomic mass is 10.0. The lowest BCUT2D eigenvalue weighted by Gasteiger charge is -2.29. The Morgan fingerprint density at radius 1 is 1.13 bits per heavy atom. The van der Waals surface area contributed by atoms with E-state index < -0.39 is 0 Å². The van der Waals surface area contributed by atoms with Crippen LogP contribution in [-0.4, -0.2) is 56.9 Å². The largest absolute Gasteiger partial charge is 0.349 e. The van der Waals surface area contributed by atoms with E-state index >= 15 is 0 Å². The van der Waals surface area contributed by atoms with E-state index in [0.717, 1.165) is 68.0 Å². The van der Waals surface area contributed by atoms with Crippen molar-refractivity contribution in [3.8, 4) is 0 Å². The van der Waals surface area contributed by atoms with Crippen molar-refractivity contribution in [1.82, 2.24) is 30.3 Å². The Morgan fingerprint density at radius 2 is 2.06 bits per heavy atom. The van der Waals surface area contributed by atoms with Crippen molar-refractivity contribution >= 4 is 5.91 Å². The summed E-state index contributed by atoms with van der Waals surface area (Å²) in [5.41, 5.74) is 6.12. The lowest BCUT2D eigenvalue weighted by molar-refractivity contribution is 0.0610. The van der Waals surface area contributed by atoms with Gasteiger partial charge in [-0.15, -0.1) is 0 Å². The zero-order valence-corrected chi connectivity index (χ0v) is 18.0. The molecule has 7 nitrogen and oxygen atoms in total. The molecule has 0 radical (unpaired) electrons. The molecule has 1 atom stereocenters. The Kier molecular flexibility index (Phi) is 7.07. The van der Waals surface area contributed by atoms with Crippen LogP contribution in [0.3, 0.4) is 0 Å². The first-order valence-electron chi connectivity index (χ1n) is 10.9. The van der Waals surface area contributed by atoms with Gasteiger partial charge in [-0.2, -0.15) is 0 Å². The van der Waals surface area contributed by atoms with Gasteiger partial charge in [0, 0.05) is 68.4 Å². The molecule has 2 aromatic heterocycles. The molecule has 2 N–H and O–H groups in total. The van der Waals surface area contributed by atoms with E-state index in [9.17, 15) is 4.79 Å². The second-order valence-electron chi connectivity index (χ2n) is 8.11. The first-order chi connectivity index (χ1) is 15.2. The topological polar surface area (TPSA) is 77.2 Å². The van der Waals surface area contributed by atoms with Gasteiger partial charge in [0.05, 0.1) is 0 Å². The summed E-state index contributed by atoms with van der Waals surface area (Å²) in [4.78, 5) is 27.3. The molecule has 0 spiro atoms. The van der Waals surface area contributed by atoms with Crippen LogP contribution in [0.25, 0.3) is 0 Å². The molecule has 3 aromatic rings. The van der Waals surface area contributed by atoms with Crippen molar-refractivity contribution < 1.29 is 4.79 Å². The summed E-state index contributed by atoms with van der Waals surface area (Å²) < 4.78 is 0. The number of nitrogens with one attached hydrogen (secondary N) is 2. The second-order valence-corrected chi connectivity index (χ2v) is 8.11. The van der Waals surface area contributed by atoms with Crippen molar-refractivity contribution in [3.63, 3.8) is 0 Å². The van der Waals surface area contributed by atoms with Gasteiger partial charge in [-0.1, -0.05) is 18.2 Å². The summed E-state index contributed by atoms with van der Waals surface area (Å²) in [7, 11) is 2.12. The van der Waals surface area contributed by atoms with E-state index in [1.807, 2.05) is 42.7 Å². The molecule has 7 heteroatoms. The van der Waals surface area contributed by atoms with E-state index in [4.69, 9.17) is 0 Å². The summed E-state index contributed by atoms with van der Waals surface area (Å²) in [5.74, 6) is 1.01. The minimum atomic E-state index is 0.0461. The zero-order valence-electron chi connectivity index (χ0n) is 18.0. The molecule has 162 valence electrons. The fourth-order valence-electron chi connectivity index (χ4n) is 4.01. The van der Waals surface area contributed by atoms with Crippen LogP contribution in [0.2, 0.25) is 0 Å². The van der Waals surface area contributed by atoms with Gasteiger partial charge in [0.15, 0.2) is 0 Å². The van der Waals surface area contributed by atoms with Crippen LogP contribution in [0, 0.1) is 0 Å². The van der Waals surface area contributed by atoms with Crippen LogP contribution in [0.1, 0.15) is 40.3 Å². The Labute approximate surface area is 183 Å². The number of hydrazine groups is 1. The SMILES string of the molecule is CN(Cc1cccc(C(=O)N2CCCCN2)c1)C(Cc1ccccn1)Cc1ncc[nH]1. The van der Waals surface area contributed by atoms with Crippen molar-refractivity contribution in [2.75, 3.05) is 20.1 Å². The third kappa shape index (κ3) is 5.77. The van der Waals surface area contributed by atoms with Crippen molar-refractivity contribution in [2.24, 2.45) is 0 Å². The van der Waals surface area contributed by atoms with Crippen LogP contribution < -0.4 is 5.43 Å². The van der Waals surface area contributed by atoms with Gasteiger partial charge in [0.2, 0.25) is 0 Å². The molecular weight excluding hydrogens is 388 g/mol. The van der Waals surface area contributed by atoms with Crippen molar-refractivity contribution in [3.05, 3.63) is 83.7 Å². The predicted molar refractivity (Wildman–Crippen MR) is 120 cm³/mol. The molecule has 0 saturated carbocycles. The molecule has 1 aliphatic heterocycles. The van der Waals surface area contributed by atoms with Crippen molar-refractivity contribution in [1.29, 1.82) is 0 Å². The number of aromatic amines is 1. The van der Waals surface area contributed by atoms with Gasteiger partial charge in [-0.3, -0.25) is 19.7 Å². The van der Waals surface area contributed by atoms with Gasteiger partial charge in [0.25, 0.3) is 5.91 Å². The molecule has 1 saturated heterocycles. The molecule has 0 aliphatic carbocycles. The number of likely N-dealkylation sites (N-methyl/N-ethyl adjacent to an activating group) is 1. The highest BCUT2D eigenvalue weighted by Gasteiger charge is 2.21. The van der Waals surface area contributed by atoms with E-state index in [1.54, 1.807) is 11.2 Å². The van der Waals surface area contributed by atoms with Gasteiger partial charge >= 0.3 is 0 Å². The summed E-state index contributed by atoms with van der Waals surface area (Å²) in [6, 6.07) is 14.2. The number of benzene rings is 1. The van der Waals surface area contributed by atoms with Gasteiger partial charge in [0.1, 0.15) is 5.82 Å². The Balaban J connectivity index is 1.47. The molecule has 31 heavy (non-hydrogen) atoms. The van der Waals surface area contributed by atoms with E-state index in [0.29, 0.717) is 0 Å². The Hall–Kier alpha value is -3.03. The first kappa shape index (κ1) is 21.2. The van der Waals surface area contributed by atoms with Crippen LogP contribution in [0.5, 0.6) is 0 Å². The zero-order chi connectivity index (χ0) is 21.5. The molecule has 3 heterocycles. The standard InChI is InChI=1S/C24H30N6O/c1-29(22(17-23-26-12-13-27-23)16-21-9-2-3-10-25-21)18-19-7-6-8-20(15-19)24(31)30-14-5-4-11-28-30/h2-3,6-10,12-13,15,22,28H,4-5,11,14,16-18H2,1H3,(H,26,27). The second kappa shape index (κ2) is 10.3. The molecule has 1 aromatic carbocycles. The Bertz CT molecular complexity index is 953. The maximum Gasteiger partial charge on any atom is 0.267 e. The highest BCUT2D eigenvalue weighted by atomic mass is 16.2. The summed E-state index contributed by atoms with van der Waals surface area (Å²) in [6.07, 6.45) is 9.27. The third-order valence-electron chi connectivity index (χ3n) is 5.74. The smallest absolute Gasteiger partial charge is 0.267 e. The fourth-order valence-corrected chi connectivity index (χ4v) is 4.01. The maximum absolute atomic E-state index is 12.9. The summed E-state index contributed by atoms with van der Waals surface area (Å²) in [5, 5.41) is 1.74. The van der Waals surface area contributed by atoms with Crippen LogP contribution in [0.4, 0.5) is 0 Å². The molecule has 1 unspecified atom stereocenters. The molecule has 0 bridgehead atoms. The number of nitrogens with zero attached hydrogens (tertiary/aromatic N) is 4. The molecule has 4 rings (SSSR count). The molecule has 1 amide bonds. The number of imidazole rings is 1. The minimum Gasteiger partial charge on any atom is -0.349 e. The van der Waals surface area contributed by atoms with Crippen molar-refractivity contribution in [2.45, 2.75) is 38.3 Å². The number of hydrogen-bond acceptors (Lipinski definition) is 5. The fraction of sp³-hybridized carbons (Fsp3) is 0.375. The number of hydrogen-bond donors (Lipinski definition) is 2. The maximum atomic E-state index is 12.9. The summed E-state index contributed by atoms with van der Waals surface area (Å²) >= 11 is 0. The van der Waals surface area contributed by atoms with E-state index in [2.05, 4.69) is 44.5 Å². The number of rotatable bonds is 8. The van der Waals surface area contributed by atoms with Crippen LogP contribution in [-0.2, 0) is 19.4 Å². The highest BCUT2D eigenvalue weighted by Crippen LogP contribution is 2.16.